The van der Waals surface area contributed by atoms with E-state index in [2.05, 4.69) is 0 Å². The van der Waals surface area contributed by atoms with Crippen LogP contribution < -0.4 is 4.65 Å². The summed E-state index contributed by atoms with van der Waals surface area (Å²) in [5.41, 5.74) is 3.38. The van der Waals surface area contributed by atoms with Gasteiger partial charge in [0.2, 0.25) is 0 Å². The summed E-state index contributed by atoms with van der Waals surface area (Å²) in [5.74, 6) is 0.801. The van der Waals surface area contributed by atoms with Crippen molar-refractivity contribution in [2.45, 2.75) is 20.8 Å². The normalized spacial score (nSPS) is 9.75. The van der Waals surface area contributed by atoms with Gasteiger partial charge in [-0.25, -0.2) is 0 Å². The molecule has 0 aliphatic carbocycles. The minimum absolute atomic E-state index is 0. The first kappa shape index (κ1) is 9.76. The summed E-state index contributed by atoms with van der Waals surface area (Å²) >= 11 is 0. The molecular weight excluding hydrogens is 186 g/mol. The summed E-state index contributed by atoms with van der Waals surface area (Å²) < 4.78 is 11.9. The third-order valence-corrected chi connectivity index (χ3v) is 1.72. The van der Waals surface area contributed by atoms with E-state index in [1.807, 2.05) is 32.9 Å². The summed E-state index contributed by atoms with van der Waals surface area (Å²) in [6, 6.07) is 4.09. The molecule has 1 rings (SSSR count). The van der Waals surface area contributed by atoms with Crippen LogP contribution in [0.25, 0.3) is 0 Å². The first-order chi connectivity index (χ1) is 5.65. The largest absolute Gasteiger partial charge is 0.567 e. The van der Waals surface area contributed by atoms with Crippen LogP contribution in [0, 0.1) is 20.8 Å². The monoisotopic (exact) mass is 199 g/mol. The second kappa shape index (κ2) is 4.64. The zero-order valence-corrected chi connectivity index (χ0v) is 8.98. The van der Waals surface area contributed by atoms with Gasteiger partial charge >= 0.3 is 8.01 Å². The molecule has 0 bridgehead atoms. The van der Waals surface area contributed by atoms with E-state index in [-0.39, 0.29) is 18.6 Å². The van der Waals surface area contributed by atoms with Crippen molar-refractivity contribution in [3.63, 3.8) is 0 Å². The van der Waals surface area contributed by atoms with E-state index < -0.39 is 0 Å². The van der Waals surface area contributed by atoms with Gasteiger partial charge in [-0.05, 0) is 31.9 Å². The van der Waals surface area contributed by atoms with Gasteiger partial charge in [0.1, 0.15) is 5.75 Å². The molecule has 0 aliphatic rings. The number of rotatable bonds is 2. The Hall–Kier alpha value is -0.331. The molecular formula is C9H12BOV. The number of benzene rings is 1. The second-order valence-electron chi connectivity index (χ2n) is 2.85. The smallest absolute Gasteiger partial charge is 0.348 e. The molecule has 3 heteroatoms. The Labute approximate surface area is 88.2 Å². The van der Waals surface area contributed by atoms with Crippen molar-refractivity contribution < 1.29 is 23.2 Å². The van der Waals surface area contributed by atoms with Crippen molar-refractivity contribution in [2.24, 2.45) is 0 Å². The number of hydrogen-bond donors (Lipinski definition) is 0. The predicted molar refractivity (Wildman–Crippen MR) is 48.4 cm³/mol. The van der Waals surface area contributed by atoms with Gasteiger partial charge in [-0.2, -0.15) is 0 Å². The molecule has 0 spiro atoms. The van der Waals surface area contributed by atoms with Crippen LogP contribution in [-0.4, -0.2) is 9.35 Å². The van der Waals surface area contributed by atoms with Gasteiger partial charge in [0.25, 0.3) is 0 Å². The Morgan fingerprint density at radius 2 is 1.75 bits per heavy atom. The molecule has 62 valence electrons. The van der Waals surface area contributed by atoms with E-state index >= 15 is 0 Å². The third kappa shape index (κ3) is 2.33. The molecule has 0 heterocycles. The van der Waals surface area contributed by atoms with Crippen molar-refractivity contribution in [1.29, 1.82) is 1.34 Å². The molecule has 2 radical (unpaired) electrons. The fourth-order valence-corrected chi connectivity index (χ4v) is 1.35. The van der Waals surface area contributed by atoms with Gasteiger partial charge in [0.05, 0.1) is 0 Å². The topological polar surface area (TPSA) is 9.23 Å². The van der Waals surface area contributed by atoms with Gasteiger partial charge in [-0.1, -0.05) is 17.7 Å². The van der Waals surface area contributed by atoms with Crippen LogP contribution in [0.2, 0.25) is 0 Å². The van der Waals surface area contributed by atoms with Crippen LogP contribution in [0.4, 0.5) is 0 Å². The molecule has 0 unspecified atom stereocenters. The molecule has 0 saturated carbocycles. The molecule has 1 aromatic rings. The maximum Gasteiger partial charge on any atom is 0.348 e. The van der Waals surface area contributed by atoms with Crippen LogP contribution in [-0.2, 0) is 18.6 Å². The van der Waals surface area contributed by atoms with E-state index in [0.717, 1.165) is 24.9 Å². The van der Waals surface area contributed by atoms with Gasteiger partial charge in [0.15, 0.2) is 0 Å². The zero-order chi connectivity index (χ0) is 9.14. The maximum atomic E-state index is 6.84. The Balaban J connectivity index is 0.00000144. The molecule has 0 atom stereocenters. The van der Waals surface area contributed by atoms with Gasteiger partial charge in [0, 0.05) is 19.9 Å². The van der Waals surface area contributed by atoms with Crippen molar-refractivity contribution >= 4 is 8.01 Å². The zero-order valence-electron chi connectivity index (χ0n) is 8.59. The van der Waals surface area contributed by atoms with E-state index in [0.29, 0.717) is 0 Å². The first-order valence-corrected chi connectivity index (χ1v) is 3.59. The van der Waals surface area contributed by atoms with Gasteiger partial charge in [-0.3, -0.25) is 0 Å². The van der Waals surface area contributed by atoms with Crippen LogP contribution in [0.1, 0.15) is 16.7 Å². The Morgan fingerprint density at radius 1 is 1.25 bits per heavy atom. The van der Waals surface area contributed by atoms with Crippen LogP contribution >= 0.6 is 0 Å². The van der Waals surface area contributed by atoms with Crippen molar-refractivity contribution in [3.05, 3.63) is 28.8 Å². The third-order valence-electron chi connectivity index (χ3n) is 1.72. The van der Waals surface area contributed by atoms with Crippen molar-refractivity contribution in [2.75, 3.05) is 0 Å². The molecule has 1 nitrogen and oxygen atoms in total. The molecule has 0 amide bonds. The summed E-state index contributed by atoms with van der Waals surface area (Å²) in [6.07, 6.45) is 0. The molecule has 0 fully saturated rings. The Kier molecular flexibility index (Phi) is 3.77. The van der Waals surface area contributed by atoms with Crippen molar-refractivity contribution in [3.8, 4) is 5.75 Å². The van der Waals surface area contributed by atoms with E-state index in [9.17, 15) is 0 Å². The summed E-state index contributed by atoms with van der Waals surface area (Å²) in [5, 5.41) is 0. The molecule has 1 aromatic carbocycles. The molecule has 0 saturated heterocycles. The predicted octanol–water partition coefficient (Wildman–Crippen LogP) is 1.80. The van der Waals surface area contributed by atoms with Crippen LogP contribution in [0.3, 0.4) is 0 Å². The second-order valence-corrected chi connectivity index (χ2v) is 2.85. The van der Waals surface area contributed by atoms with Gasteiger partial charge in [-0.15, -0.1) is 0 Å². The minimum Gasteiger partial charge on any atom is -0.567 e. The molecule has 0 aliphatic heterocycles. The fourth-order valence-electron chi connectivity index (χ4n) is 1.35. The van der Waals surface area contributed by atoms with E-state index in [4.69, 9.17) is 5.99 Å². The van der Waals surface area contributed by atoms with E-state index in [1.165, 1.54) is 5.56 Å². The van der Waals surface area contributed by atoms with Crippen molar-refractivity contribution in [1.82, 2.24) is 0 Å². The Morgan fingerprint density at radius 3 is 2.17 bits per heavy atom. The average Bonchev–Trinajstić information content (AvgIpc) is 1.96. The van der Waals surface area contributed by atoms with E-state index in [1.54, 1.807) is 0 Å². The average molecular weight is 199 g/mol. The quantitative estimate of drug-likeness (QED) is 0.659. The fraction of sp³-hybridized carbons (Fsp3) is 0.333. The standard InChI is InChI=1S/C9H12BO.V/c1-6-4-7(2)9(11-10)8(3)5-6;/h4-5,10H,1-3H3;/i10D;. The SMILES string of the molecule is [2H][B]Oc1c(C)cc(C)cc1C.[V]. The summed E-state index contributed by atoms with van der Waals surface area (Å²) in [4.78, 5) is 0. The maximum absolute atomic E-state index is 6.84. The Bertz CT molecular complexity index is 268. The van der Waals surface area contributed by atoms with Crippen LogP contribution in [0.5, 0.6) is 5.75 Å². The first-order valence-electron chi connectivity index (χ1n) is 4.17. The molecule has 12 heavy (non-hydrogen) atoms. The van der Waals surface area contributed by atoms with Crippen LogP contribution in [0.15, 0.2) is 12.1 Å². The minimum atomic E-state index is 0. The molecule has 0 aromatic heterocycles. The number of hydrogen-bond acceptors (Lipinski definition) is 1. The number of aryl methyl sites for hydroxylation is 3. The summed E-state index contributed by atoms with van der Waals surface area (Å²) in [7, 11) is 0.963. The molecule has 0 N–H and O–H groups in total. The van der Waals surface area contributed by atoms with Gasteiger partial charge < -0.3 is 4.65 Å². The summed E-state index contributed by atoms with van der Waals surface area (Å²) in [6.45, 7) is 6.02.